The summed E-state index contributed by atoms with van der Waals surface area (Å²) in [5.41, 5.74) is 1.48. The van der Waals surface area contributed by atoms with E-state index in [1.165, 1.54) is 4.90 Å². The van der Waals surface area contributed by atoms with Crippen LogP contribution in [0.3, 0.4) is 0 Å². The Hall–Kier alpha value is -4.34. The van der Waals surface area contributed by atoms with Crippen LogP contribution in [-0.4, -0.2) is 52.1 Å². The van der Waals surface area contributed by atoms with Crippen molar-refractivity contribution in [2.75, 3.05) is 28.6 Å². The molecule has 2 heterocycles. The number of H-pyrrole nitrogens is 1. The normalized spacial score (nSPS) is 14.6. The van der Waals surface area contributed by atoms with Crippen LogP contribution in [-0.2, 0) is 9.59 Å². The maximum Gasteiger partial charge on any atom is 0.307 e. The van der Waals surface area contributed by atoms with Crippen molar-refractivity contribution in [3.63, 3.8) is 0 Å². The van der Waals surface area contributed by atoms with Gasteiger partial charge in [0.15, 0.2) is 5.95 Å². The number of aromatic amines is 1. The molecule has 4 rings (SSSR count). The molecule has 4 N–H and O–H groups in total. The molecule has 0 radical (unpaired) electrons. The summed E-state index contributed by atoms with van der Waals surface area (Å²) in [6, 6.07) is 13.7. The Morgan fingerprint density at radius 2 is 2.00 bits per heavy atom. The molecule has 1 aliphatic rings. The number of fused-ring (bicyclic) bond motifs is 1. The Bertz CT molecular complexity index is 1150. The van der Waals surface area contributed by atoms with Gasteiger partial charge in [-0.15, -0.1) is 0 Å². The second kappa shape index (κ2) is 10.5. The summed E-state index contributed by atoms with van der Waals surface area (Å²) < 4.78 is 5.83. The molecule has 0 spiro atoms. The van der Waals surface area contributed by atoms with Gasteiger partial charge in [-0.05, 0) is 36.8 Å². The minimum atomic E-state index is -1.01. The lowest BCUT2D eigenvalue weighted by molar-refractivity contribution is -0.138. The molecule has 0 saturated carbocycles. The fourth-order valence-corrected chi connectivity index (χ4v) is 3.70. The van der Waals surface area contributed by atoms with Gasteiger partial charge in [0.2, 0.25) is 5.91 Å². The predicted molar refractivity (Wildman–Crippen MR) is 126 cm³/mol. The number of hydrogen-bond donors (Lipinski definition) is 4. The number of hydrogen-bond acceptors (Lipinski definition) is 6. The molecule has 0 aliphatic carbocycles. The zero-order chi connectivity index (χ0) is 23.9. The Kier molecular flexibility index (Phi) is 7.07. The van der Waals surface area contributed by atoms with Gasteiger partial charge in [0.25, 0.3) is 5.91 Å². The zero-order valence-corrected chi connectivity index (χ0v) is 18.4. The topological polar surface area (TPSA) is 137 Å². The van der Waals surface area contributed by atoms with E-state index in [4.69, 9.17) is 4.74 Å². The van der Waals surface area contributed by atoms with Crippen molar-refractivity contribution < 1.29 is 24.2 Å². The highest BCUT2D eigenvalue weighted by molar-refractivity contribution is 6.07. The third-order valence-electron chi connectivity index (χ3n) is 5.25. The number of nitrogens with one attached hydrogen (secondary N) is 3. The quantitative estimate of drug-likeness (QED) is 0.358. The lowest BCUT2D eigenvalue weighted by Gasteiger charge is -2.34. The zero-order valence-electron chi connectivity index (χ0n) is 18.4. The van der Waals surface area contributed by atoms with Gasteiger partial charge in [-0.3, -0.25) is 14.4 Å². The first-order valence-electron chi connectivity index (χ1n) is 10.9. The number of carboxylic acids is 1. The van der Waals surface area contributed by atoms with Crippen LogP contribution in [0.4, 0.5) is 17.3 Å². The van der Waals surface area contributed by atoms with Crippen LogP contribution in [0, 0.1) is 0 Å². The van der Waals surface area contributed by atoms with E-state index < -0.39 is 12.1 Å². The number of ether oxygens (including phenoxy) is 1. The van der Waals surface area contributed by atoms with Crippen molar-refractivity contribution in [1.29, 1.82) is 0 Å². The van der Waals surface area contributed by atoms with Gasteiger partial charge in [-0.25, -0.2) is 4.98 Å². The number of carboxylic acid groups (broad SMARTS) is 1. The molecular formula is C24H25N5O5. The Balaban J connectivity index is 1.45. The number of imidazole rings is 1. The number of aliphatic carboxylic acids is 1. The molecule has 34 heavy (non-hydrogen) atoms. The molecule has 0 fully saturated rings. The van der Waals surface area contributed by atoms with Crippen molar-refractivity contribution >= 4 is 35.1 Å². The molecule has 2 aromatic carbocycles. The number of carbonyl (C=O) groups is 3. The van der Waals surface area contributed by atoms with Crippen molar-refractivity contribution in [1.82, 2.24) is 9.97 Å². The predicted octanol–water partition coefficient (Wildman–Crippen LogP) is 3.12. The smallest absolute Gasteiger partial charge is 0.307 e. The first kappa shape index (κ1) is 22.8. The summed E-state index contributed by atoms with van der Waals surface area (Å²) >= 11 is 0. The van der Waals surface area contributed by atoms with Crippen LogP contribution >= 0.6 is 0 Å². The Labute approximate surface area is 196 Å². The molecule has 1 aliphatic heterocycles. The van der Waals surface area contributed by atoms with Crippen molar-refractivity contribution in [2.24, 2.45) is 0 Å². The second-order valence-electron chi connectivity index (χ2n) is 7.82. The molecule has 10 nitrogen and oxygen atoms in total. The van der Waals surface area contributed by atoms with Gasteiger partial charge in [-0.2, -0.15) is 0 Å². The highest BCUT2D eigenvalue weighted by Gasteiger charge is 2.32. The fourth-order valence-electron chi connectivity index (χ4n) is 3.70. The largest absolute Gasteiger partial charge is 0.486 e. The Morgan fingerprint density at radius 3 is 2.74 bits per heavy atom. The molecule has 2 amide bonds. The van der Waals surface area contributed by atoms with Crippen LogP contribution in [0.1, 0.15) is 29.6 Å². The maximum absolute atomic E-state index is 13.2. The van der Waals surface area contributed by atoms with Crippen LogP contribution in [0.15, 0.2) is 60.9 Å². The molecular weight excluding hydrogens is 438 g/mol. The van der Waals surface area contributed by atoms with Crippen LogP contribution in [0.2, 0.25) is 0 Å². The van der Waals surface area contributed by atoms with Gasteiger partial charge in [-0.1, -0.05) is 18.2 Å². The summed E-state index contributed by atoms with van der Waals surface area (Å²) in [6.45, 7) is 0.673. The van der Waals surface area contributed by atoms with Crippen molar-refractivity contribution in [3.8, 4) is 5.75 Å². The number of rotatable bonds is 9. The van der Waals surface area contributed by atoms with Crippen molar-refractivity contribution in [3.05, 3.63) is 66.5 Å². The number of aromatic nitrogens is 2. The highest BCUT2D eigenvalue weighted by Crippen LogP contribution is 2.37. The third-order valence-corrected chi connectivity index (χ3v) is 5.25. The van der Waals surface area contributed by atoms with E-state index in [9.17, 15) is 19.5 Å². The minimum absolute atomic E-state index is 0.0862. The standard InChI is InChI=1S/C24H25N5O5/c30-21(7-4-10-25-24-26-11-12-27-24)28-17-8-9-20-19(13-17)29(15-18(34-20)14-22(31)32)23(33)16-5-2-1-3-6-16/h1-3,5-6,8-9,11-13,18H,4,7,10,14-15H2,(H,28,30)(H,31,32)(H2,25,26,27). The van der Waals surface area contributed by atoms with E-state index >= 15 is 0 Å². The van der Waals surface area contributed by atoms with Crippen LogP contribution in [0.5, 0.6) is 5.75 Å². The molecule has 1 aromatic heterocycles. The molecule has 1 unspecified atom stereocenters. The van der Waals surface area contributed by atoms with Gasteiger partial charge in [0.1, 0.15) is 11.9 Å². The van der Waals surface area contributed by atoms with Gasteiger partial charge >= 0.3 is 5.97 Å². The van der Waals surface area contributed by atoms with E-state index in [2.05, 4.69) is 20.6 Å². The molecule has 0 bridgehead atoms. The Morgan fingerprint density at radius 1 is 1.18 bits per heavy atom. The summed E-state index contributed by atoms with van der Waals surface area (Å²) in [6.07, 6.45) is 3.35. The van der Waals surface area contributed by atoms with Gasteiger partial charge < -0.3 is 30.4 Å². The van der Waals surface area contributed by atoms with Crippen LogP contribution < -0.4 is 20.3 Å². The third kappa shape index (κ3) is 5.71. The molecule has 0 saturated heterocycles. The van der Waals surface area contributed by atoms with E-state index in [0.717, 1.165) is 0 Å². The SMILES string of the molecule is O=C(O)CC1CN(C(=O)c2ccccc2)c2cc(NC(=O)CCCNc3ncc[nH]3)ccc2O1. The van der Waals surface area contributed by atoms with E-state index in [1.54, 1.807) is 54.9 Å². The first-order valence-corrected chi connectivity index (χ1v) is 10.9. The monoisotopic (exact) mass is 463 g/mol. The average Bonchev–Trinajstić information content (AvgIpc) is 3.35. The van der Waals surface area contributed by atoms with Crippen molar-refractivity contribution in [2.45, 2.75) is 25.4 Å². The van der Waals surface area contributed by atoms with Gasteiger partial charge in [0, 0.05) is 36.6 Å². The summed E-state index contributed by atoms with van der Waals surface area (Å²) in [4.78, 5) is 45.4. The minimum Gasteiger partial charge on any atom is -0.486 e. The number of benzene rings is 2. The molecule has 3 aromatic rings. The molecule has 1 atom stereocenters. The summed E-state index contributed by atoms with van der Waals surface area (Å²) in [5, 5.41) is 15.1. The first-order chi connectivity index (χ1) is 16.5. The van der Waals surface area contributed by atoms with E-state index in [0.29, 0.717) is 48.0 Å². The van der Waals surface area contributed by atoms with Crippen LogP contribution in [0.25, 0.3) is 0 Å². The highest BCUT2D eigenvalue weighted by atomic mass is 16.5. The molecule has 176 valence electrons. The average molecular weight is 463 g/mol. The maximum atomic E-state index is 13.2. The lowest BCUT2D eigenvalue weighted by atomic mass is 10.1. The summed E-state index contributed by atoms with van der Waals surface area (Å²) in [5.74, 6) is -0.400. The number of amides is 2. The second-order valence-corrected chi connectivity index (χ2v) is 7.82. The fraction of sp³-hybridized carbons (Fsp3) is 0.250. The van der Waals surface area contributed by atoms with E-state index in [-0.39, 0.29) is 24.8 Å². The number of nitrogens with zero attached hydrogens (tertiary/aromatic N) is 2. The summed E-state index contributed by atoms with van der Waals surface area (Å²) in [7, 11) is 0. The molecule has 10 heteroatoms. The number of carbonyl (C=O) groups excluding carboxylic acids is 2. The number of anilines is 3. The van der Waals surface area contributed by atoms with Gasteiger partial charge in [0.05, 0.1) is 18.7 Å². The van der Waals surface area contributed by atoms with E-state index in [1.807, 2.05) is 6.07 Å². The lowest BCUT2D eigenvalue weighted by Crippen LogP contribution is -2.44.